The zero-order valence-corrected chi connectivity index (χ0v) is 22.9. The summed E-state index contributed by atoms with van der Waals surface area (Å²) >= 11 is 1.03. The van der Waals surface area contributed by atoms with Crippen LogP contribution in [0.4, 0.5) is 22.3 Å². The predicted molar refractivity (Wildman–Crippen MR) is 146 cm³/mol. The summed E-state index contributed by atoms with van der Waals surface area (Å²) in [6.07, 6.45) is -1.11. The van der Waals surface area contributed by atoms with Gasteiger partial charge in [0.05, 0.1) is 24.3 Å². The van der Waals surface area contributed by atoms with Crippen LogP contribution in [0.25, 0.3) is 0 Å². The van der Waals surface area contributed by atoms with Crippen LogP contribution in [0.15, 0.2) is 34.5 Å². The number of ether oxygens (including phenoxy) is 2. The molecule has 39 heavy (non-hydrogen) atoms. The number of azo groups is 1. The van der Waals surface area contributed by atoms with E-state index in [2.05, 4.69) is 45.1 Å². The van der Waals surface area contributed by atoms with Gasteiger partial charge in [0.15, 0.2) is 17.1 Å². The Morgan fingerprint density at radius 3 is 2.26 bits per heavy atom. The zero-order valence-electron chi connectivity index (χ0n) is 22.1. The molecule has 1 atom stereocenters. The lowest BCUT2D eigenvalue weighted by Gasteiger charge is -2.16. The number of hydrogen-bond donors (Lipinski definition) is 3. The van der Waals surface area contributed by atoms with Gasteiger partial charge in [-0.1, -0.05) is 13.2 Å². The molecule has 2 heterocycles. The van der Waals surface area contributed by atoms with Crippen molar-refractivity contribution in [1.29, 1.82) is 15.8 Å². The van der Waals surface area contributed by atoms with Crippen LogP contribution >= 0.6 is 11.3 Å². The van der Waals surface area contributed by atoms with Gasteiger partial charge < -0.3 is 25.2 Å². The highest BCUT2D eigenvalue weighted by Crippen LogP contribution is 2.38. The summed E-state index contributed by atoms with van der Waals surface area (Å²) in [5.41, 5.74) is 2.34. The average molecular weight is 549 g/mol. The average Bonchev–Trinajstić information content (AvgIpc) is 3.22. The van der Waals surface area contributed by atoms with Crippen LogP contribution in [0.5, 0.6) is 0 Å². The minimum Gasteiger partial charge on any atom is -0.460 e. The molecular weight excluding hydrogens is 520 g/mol. The molecule has 0 fully saturated rings. The fraction of sp³-hybridized carbons (Fsp3) is 0.346. The summed E-state index contributed by atoms with van der Waals surface area (Å²) in [7, 11) is 0. The number of anilines is 2. The molecule has 202 valence electrons. The molecule has 1 unspecified atom stereocenters. The number of pyridine rings is 1. The number of nitrogens with one attached hydrogen (secondary N) is 2. The van der Waals surface area contributed by atoms with Crippen molar-refractivity contribution >= 4 is 39.6 Å². The number of nitrogens with zero attached hydrogens (tertiary/aromatic N) is 6. The quantitative estimate of drug-likeness (QED) is 0.0793. The molecule has 2 aromatic rings. The third-order valence-corrected chi connectivity index (χ3v) is 6.26. The standard InChI is InChI=1S/C26H28N8O4S/c1-14(2)25(35)37-9-7-30-22-18(11-27)17(6)21(23(32-22)31-8-10-38-26(36)15(3)4)33-34-24-19(12-28)16(5)20(13-29)39-24/h25,35H,1,3,7-10H2,2,4-6H3,(H2,30,31,32)/b34-33+. The van der Waals surface area contributed by atoms with Crippen LogP contribution in [0, 0.1) is 47.8 Å². The first-order valence-electron chi connectivity index (χ1n) is 11.6. The second kappa shape index (κ2) is 14.4. The maximum absolute atomic E-state index is 11.7. The maximum atomic E-state index is 11.7. The number of nitriles is 3. The predicted octanol–water partition coefficient (Wildman–Crippen LogP) is 4.64. The molecule has 0 aliphatic carbocycles. The molecule has 0 aliphatic heterocycles. The molecule has 13 heteroatoms. The Morgan fingerprint density at radius 2 is 1.67 bits per heavy atom. The number of aliphatic hydroxyl groups excluding tert-OH is 1. The molecule has 0 bridgehead atoms. The van der Waals surface area contributed by atoms with Crippen molar-refractivity contribution in [3.8, 4) is 18.2 Å². The highest BCUT2D eigenvalue weighted by atomic mass is 32.1. The molecule has 0 radical (unpaired) electrons. The summed E-state index contributed by atoms with van der Waals surface area (Å²) in [5.74, 6) is -0.0649. The van der Waals surface area contributed by atoms with Crippen molar-refractivity contribution in [2.75, 3.05) is 36.9 Å². The number of hydrogen-bond acceptors (Lipinski definition) is 13. The zero-order chi connectivity index (χ0) is 29.1. The second-order valence-corrected chi connectivity index (χ2v) is 9.27. The summed E-state index contributed by atoms with van der Waals surface area (Å²) in [4.78, 5) is 16.5. The van der Waals surface area contributed by atoms with Gasteiger partial charge in [-0.25, -0.2) is 9.78 Å². The van der Waals surface area contributed by atoms with Gasteiger partial charge in [0.1, 0.15) is 41.2 Å². The first-order valence-corrected chi connectivity index (χ1v) is 12.4. The van der Waals surface area contributed by atoms with Crippen LogP contribution in [0.2, 0.25) is 0 Å². The van der Waals surface area contributed by atoms with E-state index in [4.69, 9.17) is 9.47 Å². The van der Waals surface area contributed by atoms with Gasteiger partial charge >= 0.3 is 5.97 Å². The second-order valence-electron chi connectivity index (χ2n) is 8.27. The third kappa shape index (κ3) is 7.94. The van der Waals surface area contributed by atoms with E-state index in [-0.39, 0.29) is 65.3 Å². The summed E-state index contributed by atoms with van der Waals surface area (Å²) in [6.45, 7) is 14.2. The van der Waals surface area contributed by atoms with Crippen molar-refractivity contribution in [3.63, 3.8) is 0 Å². The number of thiophene rings is 1. The van der Waals surface area contributed by atoms with Crippen LogP contribution in [0.1, 0.15) is 41.0 Å². The Bertz CT molecular complexity index is 1430. The number of carbonyl (C=O) groups excluding carboxylic acids is 1. The Hall–Kier alpha value is -4.61. The lowest BCUT2D eigenvalue weighted by atomic mass is 10.1. The van der Waals surface area contributed by atoms with Gasteiger partial charge in [0.25, 0.3) is 0 Å². The Balaban J connectivity index is 2.42. The molecule has 2 rings (SSSR count). The highest BCUT2D eigenvalue weighted by molar-refractivity contribution is 7.16. The summed E-state index contributed by atoms with van der Waals surface area (Å²) in [5, 5.41) is 53.2. The van der Waals surface area contributed by atoms with E-state index in [1.165, 1.54) is 6.92 Å². The van der Waals surface area contributed by atoms with Gasteiger partial charge in [0, 0.05) is 17.7 Å². The van der Waals surface area contributed by atoms with Crippen molar-refractivity contribution < 1.29 is 19.4 Å². The van der Waals surface area contributed by atoms with E-state index in [0.717, 1.165) is 11.3 Å². The molecule has 0 spiro atoms. The topological polar surface area (TPSA) is 189 Å². The van der Waals surface area contributed by atoms with E-state index in [0.29, 0.717) is 21.6 Å². The molecule has 3 N–H and O–H groups in total. The van der Waals surface area contributed by atoms with E-state index in [1.54, 1.807) is 20.8 Å². The fourth-order valence-electron chi connectivity index (χ4n) is 3.03. The maximum Gasteiger partial charge on any atom is 0.333 e. The van der Waals surface area contributed by atoms with Crippen LogP contribution < -0.4 is 10.6 Å². The first kappa shape index (κ1) is 30.6. The molecule has 0 saturated heterocycles. The highest BCUT2D eigenvalue weighted by Gasteiger charge is 2.19. The SMILES string of the molecule is C=C(C)C(=O)OCCNc1nc(NCCOC(O)C(=C)C)c(C#N)c(C)c1/N=N/c1sc(C#N)c(C)c1C#N. The van der Waals surface area contributed by atoms with E-state index < -0.39 is 12.3 Å². The number of carbonyl (C=O) groups is 1. The monoisotopic (exact) mass is 548 g/mol. The Kier molecular flexibility index (Phi) is 11.3. The molecule has 12 nitrogen and oxygen atoms in total. The number of esters is 1. The minimum absolute atomic E-state index is 0.00658. The number of rotatable bonds is 13. The van der Waals surface area contributed by atoms with Crippen LogP contribution in [-0.4, -0.2) is 48.7 Å². The molecule has 0 aliphatic rings. The van der Waals surface area contributed by atoms with Gasteiger partial charge in [-0.05, 0) is 38.8 Å². The lowest BCUT2D eigenvalue weighted by Crippen LogP contribution is -2.19. The third-order valence-electron chi connectivity index (χ3n) is 5.18. The van der Waals surface area contributed by atoms with Gasteiger partial charge in [0.2, 0.25) is 0 Å². The van der Waals surface area contributed by atoms with Crippen LogP contribution in [0.3, 0.4) is 0 Å². The Morgan fingerprint density at radius 1 is 1.03 bits per heavy atom. The minimum atomic E-state index is -1.11. The van der Waals surface area contributed by atoms with E-state index in [9.17, 15) is 25.7 Å². The van der Waals surface area contributed by atoms with Crippen molar-refractivity contribution in [2.24, 2.45) is 10.2 Å². The van der Waals surface area contributed by atoms with Gasteiger partial charge in [-0.3, -0.25) is 0 Å². The molecule has 2 aromatic heterocycles. The number of aromatic nitrogens is 1. The largest absolute Gasteiger partial charge is 0.460 e. The first-order chi connectivity index (χ1) is 18.5. The van der Waals surface area contributed by atoms with E-state index >= 15 is 0 Å². The molecule has 0 aromatic carbocycles. The molecule has 0 amide bonds. The van der Waals surface area contributed by atoms with Crippen molar-refractivity contribution in [2.45, 2.75) is 34.0 Å². The van der Waals surface area contributed by atoms with Gasteiger partial charge in [-0.2, -0.15) is 15.8 Å². The molecule has 0 saturated carbocycles. The fourth-order valence-corrected chi connectivity index (χ4v) is 3.90. The smallest absolute Gasteiger partial charge is 0.333 e. The summed E-state index contributed by atoms with van der Waals surface area (Å²) in [6, 6.07) is 6.19. The van der Waals surface area contributed by atoms with Gasteiger partial charge in [-0.15, -0.1) is 21.6 Å². The summed E-state index contributed by atoms with van der Waals surface area (Å²) < 4.78 is 10.4. The van der Waals surface area contributed by atoms with E-state index in [1.807, 2.05) is 12.1 Å². The lowest BCUT2D eigenvalue weighted by molar-refractivity contribution is -0.138. The van der Waals surface area contributed by atoms with Crippen molar-refractivity contribution in [1.82, 2.24) is 4.98 Å². The number of aliphatic hydroxyl groups is 1. The van der Waals surface area contributed by atoms with Crippen LogP contribution in [-0.2, 0) is 14.3 Å². The normalized spacial score (nSPS) is 11.2. The Labute approximate surface area is 230 Å². The van der Waals surface area contributed by atoms with Crippen molar-refractivity contribution in [3.05, 3.63) is 51.4 Å². The molecular formula is C26H28N8O4S.